The fourth-order valence-corrected chi connectivity index (χ4v) is 1.50. The van der Waals surface area contributed by atoms with Crippen molar-refractivity contribution in [1.29, 1.82) is 0 Å². The number of aryl methyl sites for hydroxylation is 1. The maximum Gasteiger partial charge on any atom is 0.308 e. The lowest BCUT2D eigenvalue weighted by atomic mass is 10.0. The highest BCUT2D eigenvalue weighted by Crippen LogP contribution is 2.07. The SMILES string of the molecule is CCCC(CNc1nccn(C)c1=O)C(=O)O. The van der Waals surface area contributed by atoms with Crippen LogP contribution in [0.2, 0.25) is 0 Å². The first kappa shape index (κ1) is 13.2. The van der Waals surface area contributed by atoms with E-state index in [1.807, 2.05) is 6.92 Å². The van der Waals surface area contributed by atoms with Crippen molar-refractivity contribution >= 4 is 11.8 Å². The molecule has 0 aliphatic carbocycles. The Hall–Kier alpha value is -1.85. The molecule has 0 saturated heterocycles. The van der Waals surface area contributed by atoms with Crippen LogP contribution in [-0.2, 0) is 11.8 Å². The van der Waals surface area contributed by atoms with Crippen molar-refractivity contribution in [1.82, 2.24) is 9.55 Å². The van der Waals surface area contributed by atoms with E-state index in [4.69, 9.17) is 5.11 Å². The Balaban J connectivity index is 2.69. The fourth-order valence-electron chi connectivity index (χ4n) is 1.50. The maximum absolute atomic E-state index is 11.6. The third-order valence-electron chi connectivity index (χ3n) is 2.52. The van der Waals surface area contributed by atoms with Crippen LogP contribution in [0.25, 0.3) is 0 Å². The molecule has 0 bridgehead atoms. The molecule has 6 heteroatoms. The number of rotatable bonds is 6. The lowest BCUT2D eigenvalue weighted by Crippen LogP contribution is -2.27. The average Bonchev–Trinajstić information content (AvgIpc) is 2.29. The first-order valence-corrected chi connectivity index (χ1v) is 5.54. The molecule has 1 rings (SSSR count). The molecule has 6 nitrogen and oxygen atoms in total. The first-order valence-electron chi connectivity index (χ1n) is 5.54. The Morgan fingerprint density at radius 3 is 2.94 bits per heavy atom. The summed E-state index contributed by atoms with van der Waals surface area (Å²) in [5.41, 5.74) is -0.256. The smallest absolute Gasteiger partial charge is 0.308 e. The van der Waals surface area contributed by atoms with Gasteiger partial charge in [-0.25, -0.2) is 4.98 Å². The standard InChI is InChI=1S/C11H17N3O3/c1-3-4-8(11(16)17)7-13-9-10(15)14(2)6-5-12-9/h5-6,8H,3-4,7H2,1-2H3,(H,12,13)(H,16,17). The maximum atomic E-state index is 11.6. The van der Waals surface area contributed by atoms with Crippen LogP contribution < -0.4 is 10.9 Å². The topological polar surface area (TPSA) is 84.2 Å². The van der Waals surface area contributed by atoms with Gasteiger partial charge in [-0.2, -0.15) is 0 Å². The van der Waals surface area contributed by atoms with Gasteiger partial charge in [-0.05, 0) is 6.42 Å². The van der Waals surface area contributed by atoms with Crippen LogP contribution in [0.3, 0.4) is 0 Å². The minimum absolute atomic E-state index is 0.192. The van der Waals surface area contributed by atoms with Crippen LogP contribution in [0.5, 0.6) is 0 Å². The van der Waals surface area contributed by atoms with Gasteiger partial charge in [0.05, 0.1) is 5.92 Å². The number of aliphatic carboxylic acids is 1. The number of nitrogens with zero attached hydrogens (tertiary/aromatic N) is 2. The Kier molecular flexibility index (Phi) is 4.68. The molecule has 0 amide bonds. The number of carboxylic acid groups (broad SMARTS) is 1. The molecule has 0 aliphatic heterocycles. The van der Waals surface area contributed by atoms with Crippen LogP contribution in [0.1, 0.15) is 19.8 Å². The minimum atomic E-state index is -0.855. The van der Waals surface area contributed by atoms with E-state index in [1.165, 1.54) is 10.8 Å². The van der Waals surface area contributed by atoms with E-state index < -0.39 is 11.9 Å². The number of nitrogens with one attached hydrogen (secondary N) is 1. The van der Waals surface area contributed by atoms with Gasteiger partial charge in [-0.15, -0.1) is 0 Å². The van der Waals surface area contributed by atoms with E-state index in [1.54, 1.807) is 13.2 Å². The normalized spacial score (nSPS) is 12.1. The van der Waals surface area contributed by atoms with Crippen LogP contribution in [0.15, 0.2) is 17.2 Å². The molecule has 0 spiro atoms. The molecule has 0 aliphatic rings. The molecule has 0 radical (unpaired) electrons. The van der Waals surface area contributed by atoms with Crippen molar-refractivity contribution in [2.45, 2.75) is 19.8 Å². The molecule has 0 aromatic carbocycles. The van der Waals surface area contributed by atoms with Crippen molar-refractivity contribution in [3.05, 3.63) is 22.7 Å². The van der Waals surface area contributed by atoms with E-state index in [9.17, 15) is 9.59 Å². The Morgan fingerprint density at radius 1 is 1.65 bits per heavy atom. The average molecular weight is 239 g/mol. The van der Waals surface area contributed by atoms with Gasteiger partial charge in [0.1, 0.15) is 0 Å². The van der Waals surface area contributed by atoms with Gasteiger partial charge in [0.2, 0.25) is 0 Å². The van der Waals surface area contributed by atoms with Gasteiger partial charge in [-0.1, -0.05) is 13.3 Å². The molecule has 1 aromatic rings. The van der Waals surface area contributed by atoms with E-state index in [0.29, 0.717) is 6.42 Å². The molecular formula is C11H17N3O3. The molecule has 1 aromatic heterocycles. The highest BCUT2D eigenvalue weighted by molar-refractivity contribution is 5.70. The Morgan fingerprint density at radius 2 is 2.35 bits per heavy atom. The third kappa shape index (κ3) is 3.58. The second-order valence-electron chi connectivity index (χ2n) is 3.90. The van der Waals surface area contributed by atoms with Crippen LogP contribution in [-0.4, -0.2) is 27.2 Å². The molecule has 17 heavy (non-hydrogen) atoms. The molecule has 0 saturated carbocycles. The zero-order valence-corrected chi connectivity index (χ0v) is 10.0. The highest BCUT2D eigenvalue weighted by atomic mass is 16.4. The minimum Gasteiger partial charge on any atom is -0.481 e. The van der Waals surface area contributed by atoms with E-state index in [-0.39, 0.29) is 17.9 Å². The van der Waals surface area contributed by atoms with Crippen LogP contribution in [0.4, 0.5) is 5.82 Å². The monoisotopic (exact) mass is 239 g/mol. The summed E-state index contributed by atoms with van der Waals surface area (Å²) in [6.07, 6.45) is 4.42. The highest BCUT2D eigenvalue weighted by Gasteiger charge is 2.16. The second kappa shape index (κ2) is 6.03. The van der Waals surface area contributed by atoms with Gasteiger partial charge in [-0.3, -0.25) is 9.59 Å². The molecule has 0 fully saturated rings. The molecule has 1 unspecified atom stereocenters. The summed E-state index contributed by atoms with van der Waals surface area (Å²) in [5, 5.41) is 11.8. The summed E-state index contributed by atoms with van der Waals surface area (Å²) in [4.78, 5) is 26.4. The molecule has 94 valence electrons. The van der Waals surface area contributed by atoms with Crippen LogP contribution >= 0.6 is 0 Å². The summed E-state index contributed by atoms with van der Waals surface area (Å²) in [6.45, 7) is 2.14. The van der Waals surface area contributed by atoms with E-state index in [2.05, 4.69) is 10.3 Å². The van der Waals surface area contributed by atoms with Crippen LogP contribution in [0, 0.1) is 5.92 Å². The molecule has 2 N–H and O–H groups in total. The quantitative estimate of drug-likeness (QED) is 0.763. The molecule has 1 atom stereocenters. The summed E-state index contributed by atoms with van der Waals surface area (Å²) in [6, 6.07) is 0. The number of anilines is 1. The fraction of sp³-hybridized carbons (Fsp3) is 0.545. The summed E-state index contributed by atoms with van der Waals surface area (Å²) < 4.78 is 1.39. The molecule has 1 heterocycles. The largest absolute Gasteiger partial charge is 0.481 e. The zero-order valence-electron chi connectivity index (χ0n) is 10.0. The lowest BCUT2D eigenvalue weighted by molar-refractivity contribution is -0.141. The summed E-state index contributed by atoms with van der Waals surface area (Å²) in [7, 11) is 1.62. The van der Waals surface area contributed by atoms with E-state index >= 15 is 0 Å². The second-order valence-corrected chi connectivity index (χ2v) is 3.90. The van der Waals surface area contributed by atoms with Gasteiger partial charge in [0.15, 0.2) is 5.82 Å². The number of hydrogen-bond donors (Lipinski definition) is 2. The van der Waals surface area contributed by atoms with Gasteiger partial charge < -0.3 is 15.0 Å². The number of carboxylic acids is 1. The Labute approximate surface area is 99.3 Å². The zero-order chi connectivity index (χ0) is 12.8. The summed E-state index contributed by atoms with van der Waals surface area (Å²) >= 11 is 0. The number of carbonyl (C=O) groups is 1. The van der Waals surface area contributed by atoms with Crippen molar-refractivity contribution < 1.29 is 9.90 Å². The van der Waals surface area contributed by atoms with Crippen molar-refractivity contribution in [2.24, 2.45) is 13.0 Å². The molecular weight excluding hydrogens is 222 g/mol. The summed E-state index contributed by atoms with van der Waals surface area (Å²) in [5.74, 6) is -1.16. The van der Waals surface area contributed by atoms with Gasteiger partial charge in [0, 0.05) is 26.0 Å². The number of aromatic nitrogens is 2. The predicted octanol–water partition coefficient (Wildman–Crippen LogP) is 0.693. The Bertz CT molecular complexity index is 442. The predicted molar refractivity (Wildman–Crippen MR) is 64.0 cm³/mol. The van der Waals surface area contributed by atoms with Crippen molar-refractivity contribution in [2.75, 3.05) is 11.9 Å². The van der Waals surface area contributed by atoms with E-state index in [0.717, 1.165) is 6.42 Å². The third-order valence-corrected chi connectivity index (χ3v) is 2.52. The van der Waals surface area contributed by atoms with Crippen molar-refractivity contribution in [3.63, 3.8) is 0 Å². The van der Waals surface area contributed by atoms with Gasteiger partial charge >= 0.3 is 5.97 Å². The van der Waals surface area contributed by atoms with Crippen molar-refractivity contribution in [3.8, 4) is 0 Å². The van der Waals surface area contributed by atoms with Gasteiger partial charge in [0.25, 0.3) is 5.56 Å². The lowest BCUT2D eigenvalue weighted by Gasteiger charge is -2.12. The first-order chi connectivity index (χ1) is 8.06. The number of hydrogen-bond acceptors (Lipinski definition) is 4.